The van der Waals surface area contributed by atoms with E-state index in [1.165, 1.54) is 31.2 Å². The van der Waals surface area contributed by atoms with E-state index in [1.807, 2.05) is 18.2 Å². The molecule has 2 aliphatic rings. The minimum absolute atomic E-state index is 0.650. The van der Waals surface area contributed by atoms with Crippen LogP contribution in [-0.4, -0.2) is 27.1 Å². The van der Waals surface area contributed by atoms with Crippen molar-refractivity contribution in [3.05, 3.63) is 47.6 Å². The Morgan fingerprint density at radius 1 is 1.18 bits per heavy atom. The molecule has 1 atom stereocenters. The molecule has 2 aliphatic carbocycles. The highest BCUT2D eigenvalue weighted by molar-refractivity contribution is 5.18. The molecule has 0 spiro atoms. The highest BCUT2D eigenvalue weighted by Crippen LogP contribution is 2.40. The highest BCUT2D eigenvalue weighted by atomic mass is 16.5. The molecular formula is C18H23N3O. The fourth-order valence-corrected chi connectivity index (χ4v) is 3.22. The first kappa shape index (κ1) is 13.9. The lowest BCUT2D eigenvalue weighted by atomic mass is 10.1. The van der Waals surface area contributed by atoms with Crippen molar-refractivity contribution >= 4 is 0 Å². The van der Waals surface area contributed by atoms with Crippen molar-refractivity contribution in [3.8, 4) is 0 Å². The molecule has 2 fully saturated rings. The summed E-state index contributed by atoms with van der Waals surface area (Å²) in [6.07, 6.45) is 6.15. The molecular weight excluding hydrogens is 274 g/mol. The van der Waals surface area contributed by atoms with Crippen molar-refractivity contribution in [2.75, 3.05) is 0 Å². The van der Waals surface area contributed by atoms with Gasteiger partial charge in [0.15, 0.2) is 5.82 Å². The second kappa shape index (κ2) is 5.84. The van der Waals surface area contributed by atoms with Crippen LogP contribution in [0.3, 0.4) is 0 Å². The van der Waals surface area contributed by atoms with E-state index >= 15 is 0 Å². The first-order chi connectivity index (χ1) is 10.8. The number of hydrogen-bond acceptors (Lipinski definition) is 4. The molecule has 4 heteroatoms. The van der Waals surface area contributed by atoms with Gasteiger partial charge in [0.25, 0.3) is 0 Å². The van der Waals surface area contributed by atoms with Crippen LogP contribution in [0.5, 0.6) is 0 Å². The van der Waals surface area contributed by atoms with Gasteiger partial charge >= 0.3 is 0 Å². The van der Waals surface area contributed by atoms with Crippen molar-refractivity contribution in [1.29, 1.82) is 0 Å². The van der Waals surface area contributed by atoms with Crippen molar-refractivity contribution in [3.63, 3.8) is 0 Å². The zero-order chi connectivity index (χ0) is 14.9. The summed E-state index contributed by atoms with van der Waals surface area (Å²) >= 11 is 0. The van der Waals surface area contributed by atoms with Gasteiger partial charge in [0, 0.05) is 18.5 Å². The minimum Gasteiger partial charge on any atom is -0.338 e. The second-order valence-corrected chi connectivity index (χ2v) is 6.75. The molecule has 1 aromatic carbocycles. The molecule has 116 valence electrons. The predicted octanol–water partition coefficient (Wildman–Crippen LogP) is 3.42. The van der Waals surface area contributed by atoms with Crippen LogP contribution in [-0.2, 0) is 13.0 Å². The minimum atomic E-state index is 0.650. The van der Waals surface area contributed by atoms with E-state index in [0.29, 0.717) is 6.04 Å². The number of benzene rings is 1. The summed E-state index contributed by atoms with van der Waals surface area (Å²) in [4.78, 5) is 7.18. The van der Waals surface area contributed by atoms with Gasteiger partial charge in [-0.1, -0.05) is 35.5 Å². The van der Waals surface area contributed by atoms with Crippen molar-refractivity contribution in [2.24, 2.45) is 5.92 Å². The second-order valence-electron chi connectivity index (χ2n) is 6.75. The van der Waals surface area contributed by atoms with E-state index in [1.54, 1.807) is 0 Å². The fourth-order valence-electron chi connectivity index (χ4n) is 3.22. The Bertz CT molecular complexity index is 616. The molecule has 4 rings (SSSR count). The Balaban J connectivity index is 1.42. The molecule has 22 heavy (non-hydrogen) atoms. The molecule has 0 aliphatic heterocycles. The third-order valence-corrected chi connectivity index (χ3v) is 4.88. The van der Waals surface area contributed by atoms with E-state index in [9.17, 15) is 0 Å². The zero-order valence-corrected chi connectivity index (χ0v) is 13.1. The number of nitrogens with zero attached hydrogens (tertiary/aromatic N) is 3. The Morgan fingerprint density at radius 3 is 2.64 bits per heavy atom. The molecule has 2 aromatic rings. The summed E-state index contributed by atoms with van der Waals surface area (Å²) in [5.74, 6) is 2.44. The first-order valence-corrected chi connectivity index (χ1v) is 8.41. The lowest BCUT2D eigenvalue weighted by molar-refractivity contribution is 0.149. The van der Waals surface area contributed by atoms with Crippen molar-refractivity contribution in [2.45, 2.75) is 57.7 Å². The van der Waals surface area contributed by atoms with Crippen LogP contribution in [0, 0.1) is 5.92 Å². The number of aromatic nitrogens is 2. The predicted molar refractivity (Wildman–Crippen MR) is 84.3 cm³/mol. The van der Waals surface area contributed by atoms with E-state index in [2.05, 4.69) is 34.1 Å². The summed E-state index contributed by atoms with van der Waals surface area (Å²) in [5.41, 5.74) is 1.22. The van der Waals surface area contributed by atoms with Gasteiger partial charge < -0.3 is 4.52 Å². The standard InChI is InChI=1S/C18H23N3O/c1-13(15-7-8-15)21(16-9-10-16)12-18-19-17(20-22-18)11-14-5-3-2-4-6-14/h2-6,13,15-16H,7-12H2,1H3/t13-/m0/s1. The van der Waals surface area contributed by atoms with Crippen LogP contribution in [0.25, 0.3) is 0 Å². The molecule has 1 heterocycles. The summed E-state index contributed by atoms with van der Waals surface area (Å²) in [7, 11) is 0. The molecule has 0 N–H and O–H groups in total. The van der Waals surface area contributed by atoms with Crippen LogP contribution in [0.4, 0.5) is 0 Å². The van der Waals surface area contributed by atoms with Gasteiger partial charge in [0.1, 0.15) is 0 Å². The third kappa shape index (κ3) is 3.22. The van der Waals surface area contributed by atoms with Crippen LogP contribution < -0.4 is 0 Å². The molecule has 1 aromatic heterocycles. The molecule has 4 nitrogen and oxygen atoms in total. The SMILES string of the molecule is C[C@@H](C1CC1)N(Cc1nc(Cc2ccccc2)no1)C1CC1. The summed E-state index contributed by atoms with van der Waals surface area (Å²) in [6, 6.07) is 11.7. The Kier molecular flexibility index (Phi) is 3.70. The fraction of sp³-hybridized carbons (Fsp3) is 0.556. The van der Waals surface area contributed by atoms with Gasteiger partial charge in [-0.2, -0.15) is 4.98 Å². The molecule has 0 bridgehead atoms. The molecule has 0 radical (unpaired) electrons. The molecule has 2 saturated carbocycles. The largest absolute Gasteiger partial charge is 0.338 e. The molecule has 0 saturated heterocycles. The van der Waals surface area contributed by atoms with E-state index in [0.717, 1.165) is 36.6 Å². The van der Waals surface area contributed by atoms with Gasteiger partial charge in [0.05, 0.1) is 6.54 Å². The first-order valence-electron chi connectivity index (χ1n) is 8.41. The Labute approximate surface area is 131 Å². The van der Waals surface area contributed by atoms with Gasteiger partial charge in [-0.05, 0) is 44.1 Å². The average molecular weight is 297 g/mol. The average Bonchev–Trinajstić information content (AvgIpc) is 3.44. The van der Waals surface area contributed by atoms with Gasteiger partial charge in [-0.15, -0.1) is 0 Å². The van der Waals surface area contributed by atoms with Crippen LogP contribution >= 0.6 is 0 Å². The van der Waals surface area contributed by atoms with Crippen LogP contribution in [0.2, 0.25) is 0 Å². The summed E-state index contributed by atoms with van der Waals surface area (Å²) in [5, 5.41) is 4.15. The smallest absolute Gasteiger partial charge is 0.240 e. The quantitative estimate of drug-likeness (QED) is 0.785. The lowest BCUT2D eigenvalue weighted by Crippen LogP contribution is -2.36. The maximum atomic E-state index is 5.49. The van der Waals surface area contributed by atoms with E-state index in [4.69, 9.17) is 4.52 Å². The normalized spacial score (nSPS) is 19.5. The Morgan fingerprint density at radius 2 is 1.95 bits per heavy atom. The van der Waals surface area contributed by atoms with Crippen molar-refractivity contribution < 1.29 is 4.52 Å². The third-order valence-electron chi connectivity index (χ3n) is 4.88. The van der Waals surface area contributed by atoms with Crippen LogP contribution in [0.15, 0.2) is 34.9 Å². The monoisotopic (exact) mass is 297 g/mol. The van der Waals surface area contributed by atoms with Gasteiger partial charge in [-0.3, -0.25) is 4.90 Å². The summed E-state index contributed by atoms with van der Waals surface area (Å²) in [6.45, 7) is 3.17. The molecule has 0 unspecified atom stereocenters. The zero-order valence-electron chi connectivity index (χ0n) is 13.1. The topological polar surface area (TPSA) is 42.2 Å². The van der Waals surface area contributed by atoms with E-state index < -0.39 is 0 Å². The lowest BCUT2D eigenvalue weighted by Gasteiger charge is -2.27. The maximum absolute atomic E-state index is 5.49. The number of hydrogen-bond donors (Lipinski definition) is 0. The van der Waals surface area contributed by atoms with Gasteiger partial charge in [-0.25, -0.2) is 0 Å². The highest BCUT2D eigenvalue weighted by Gasteiger charge is 2.39. The Hall–Kier alpha value is -1.68. The maximum Gasteiger partial charge on any atom is 0.240 e. The number of rotatable bonds is 7. The van der Waals surface area contributed by atoms with Crippen molar-refractivity contribution in [1.82, 2.24) is 15.0 Å². The van der Waals surface area contributed by atoms with Crippen LogP contribution in [0.1, 0.15) is 49.9 Å². The summed E-state index contributed by atoms with van der Waals surface area (Å²) < 4.78 is 5.49. The van der Waals surface area contributed by atoms with E-state index in [-0.39, 0.29) is 0 Å². The molecule has 0 amide bonds. The van der Waals surface area contributed by atoms with Gasteiger partial charge in [0.2, 0.25) is 5.89 Å².